The summed E-state index contributed by atoms with van der Waals surface area (Å²) in [7, 11) is 0. The van der Waals surface area contributed by atoms with Crippen molar-refractivity contribution in [3.63, 3.8) is 0 Å². The van der Waals surface area contributed by atoms with E-state index in [-0.39, 0.29) is 5.91 Å². The molecule has 0 atom stereocenters. The molecule has 4 nitrogen and oxygen atoms in total. The molecule has 3 aromatic rings. The first-order valence-electron chi connectivity index (χ1n) is 7.58. The van der Waals surface area contributed by atoms with Gasteiger partial charge < -0.3 is 5.32 Å². The van der Waals surface area contributed by atoms with Gasteiger partial charge >= 0.3 is 0 Å². The zero-order valence-corrected chi connectivity index (χ0v) is 14.1. The first-order valence-corrected chi connectivity index (χ1v) is 8.39. The van der Waals surface area contributed by atoms with Crippen molar-refractivity contribution in [2.24, 2.45) is 0 Å². The van der Waals surface area contributed by atoms with E-state index < -0.39 is 0 Å². The van der Waals surface area contributed by atoms with Gasteiger partial charge in [-0.25, -0.2) is 4.98 Å². The molecule has 0 fully saturated rings. The quantitative estimate of drug-likeness (QED) is 0.728. The van der Waals surface area contributed by atoms with E-state index in [0.29, 0.717) is 6.67 Å². The number of nitrogens with one attached hydrogen (secondary N) is 1. The second kappa shape index (κ2) is 5.06. The van der Waals surface area contributed by atoms with Crippen LogP contribution in [0.15, 0.2) is 30.3 Å². The van der Waals surface area contributed by atoms with Crippen molar-refractivity contribution in [1.82, 2.24) is 4.98 Å². The minimum atomic E-state index is 0.0441. The lowest BCUT2D eigenvalue weighted by Gasteiger charge is -2.28. The molecule has 0 bridgehead atoms. The minimum Gasteiger partial charge on any atom is -0.365 e. The fourth-order valence-electron chi connectivity index (χ4n) is 3.05. The van der Waals surface area contributed by atoms with Crippen LogP contribution in [0.5, 0.6) is 0 Å². The van der Waals surface area contributed by atoms with Gasteiger partial charge in [0.05, 0.1) is 12.4 Å². The Balaban J connectivity index is 1.83. The molecule has 1 aliphatic heterocycles. The predicted molar refractivity (Wildman–Crippen MR) is 95.6 cm³/mol. The lowest BCUT2D eigenvalue weighted by atomic mass is 10.1. The number of hydrogen-bond donors (Lipinski definition) is 1. The van der Waals surface area contributed by atoms with Crippen LogP contribution in [0.4, 0.5) is 11.4 Å². The van der Waals surface area contributed by atoms with E-state index in [0.717, 1.165) is 37.7 Å². The number of fused-ring (bicyclic) bond motifs is 3. The normalized spacial score (nSPS) is 14.0. The van der Waals surface area contributed by atoms with E-state index in [1.54, 1.807) is 4.90 Å². The second-order valence-corrected chi connectivity index (χ2v) is 6.97. The topological polar surface area (TPSA) is 45.2 Å². The molecule has 1 aliphatic rings. The smallest absolute Gasteiger partial charge is 0.272 e. The number of pyridine rings is 1. The summed E-state index contributed by atoms with van der Waals surface area (Å²) in [5, 5.41) is 4.49. The Hall–Kier alpha value is -2.40. The first kappa shape index (κ1) is 14.2. The van der Waals surface area contributed by atoms with Gasteiger partial charge in [-0.1, -0.05) is 17.7 Å². The van der Waals surface area contributed by atoms with Crippen LogP contribution in [-0.2, 0) is 0 Å². The third kappa shape index (κ3) is 2.19. The summed E-state index contributed by atoms with van der Waals surface area (Å²) in [6, 6.07) is 10.1. The number of aryl methyl sites for hydroxylation is 3. The molecule has 5 heteroatoms. The molecule has 0 saturated carbocycles. The SMILES string of the molecule is Cc1ccc(N2CNc3c(sc4nc(C)cc(C)c34)C2=O)cc1. The van der Waals surface area contributed by atoms with Crippen molar-refractivity contribution in [1.29, 1.82) is 0 Å². The van der Waals surface area contributed by atoms with Gasteiger partial charge in [-0.3, -0.25) is 9.69 Å². The number of thiophene rings is 1. The van der Waals surface area contributed by atoms with Gasteiger partial charge in [0.25, 0.3) is 5.91 Å². The lowest BCUT2D eigenvalue weighted by molar-refractivity contribution is 0.0990. The van der Waals surface area contributed by atoms with Gasteiger partial charge in [0.2, 0.25) is 0 Å². The average Bonchev–Trinajstić information content (AvgIpc) is 2.88. The molecule has 0 spiro atoms. The number of carbonyl (C=O) groups excluding carboxylic acids is 1. The van der Waals surface area contributed by atoms with E-state index in [2.05, 4.69) is 23.3 Å². The Morgan fingerprint density at radius 1 is 1.17 bits per heavy atom. The van der Waals surface area contributed by atoms with Gasteiger partial charge in [-0.2, -0.15) is 0 Å². The summed E-state index contributed by atoms with van der Waals surface area (Å²) in [4.78, 5) is 21.0. The monoisotopic (exact) mass is 323 g/mol. The first-order chi connectivity index (χ1) is 11.0. The van der Waals surface area contributed by atoms with Crippen LogP contribution in [0.2, 0.25) is 0 Å². The molecular formula is C18H17N3OS. The molecule has 23 heavy (non-hydrogen) atoms. The number of carbonyl (C=O) groups is 1. The second-order valence-electron chi connectivity index (χ2n) is 5.97. The highest BCUT2D eigenvalue weighted by Gasteiger charge is 2.30. The maximum absolute atomic E-state index is 12.9. The summed E-state index contributed by atoms with van der Waals surface area (Å²) in [6.07, 6.45) is 0. The maximum Gasteiger partial charge on any atom is 0.272 e. The maximum atomic E-state index is 12.9. The van der Waals surface area contributed by atoms with Crippen LogP contribution in [0.3, 0.4) is 0 Å². The molecule has 0 aliphatic carbocycles. The van der Waals surface area contributed by atoms with Crippen molar-refractivity contribution < 1.29 is 4.79 Å². The van der Waals surface area contributed by atoms with Gasteiger partial charge in [-0.15, -0.1) is 11.3 Å². The Morgan fingerprint density at radius 3 is 2.65 bits per heavy atom. The molecule has 1 N–H and O–H groups in total. The Labute approximate surface area is 138 Å². The van der Waals surface area contributed by atoms with Crippen LogP contribution in [0.1, 0.15) is 26.5 Å². The molecule has 1 aromatic carbocycles. The highest BCUT2D eigenvalue weighted by molar-refractivity contribution is 7.21. The Morgan fingerprint density at radius 2 is 1.91 bits per heavy atom. The molecule has 3 heterocycles. The van der Waals surface area contributed by atoms with Crippen molar-refractivity contribution >= 4 is 38.8 Å². The fraction of sp³-hybridized carbons (Fsp3) is 0.222. The largest absolute Gasteiger partial charge is 0.365 e. The molecule has 116 valence electrons. The highest BCUT2D eigenvalue weighted by atomic mass is 32.1. The lowest BCUT2D eigenvalue weighted by Crippen LogP contribution is -2.39. The number of rotatable bonds is 1. The Bertz CT molecular complexity index is 928. The zero-order chi connectivity index (χ0) is 16.1. The van der Waals surface area contributed by atoms with Crippen molar-refractivity contribution in [3.8, 4) is 0 Å². The number of nitrogens with zero attached hydrogens (tertiary/aromatic N) is 2. The number of benzene rings is 1. The summed E-state index contributed by atoms with van der Waals surface area (Å²) < 4.78 is 0. The summed E-state index contributed by atoms with van der Waals surface area (Å²) in [5.74, 6) is 0.0441. The molecule has 2 aromatic heterocycles. The van der Waals surface area contributed by atoms with Crippen LogP contribution >= 0.6 is 11.3 Å². The summed E-state index contributed by atoms with van der Waals surface area (Å²) in [5.41, 5.74) is 5.18. The van der Waals surface area contributed by atoms with E-state index in [1.165, 1.54) is 16.9 Å². The van der Waals surface area contributed by atoms with Gasteiger partial charge in [-0.05, 0) is 44.5 Å². The standard InChI is InChI=1S/C18H17N3OS/c1-10-4-6-13(7-5-10)21-9-19-15-14-11(2)8-12(3)20-17(14)23-16(15)18(21)22/h4-8,19H,9H2,1-3H3. The van der Waals surface area contributed by atoms with E-state index in [1.807, 2.05) is 38.1 Å². The minimum absolute atomic E-state index is 0.0441. The average molecular weight is 323 g/mol. The van der Waals surface area contributed by atoms with Gasteiger partial charge in [0.1, 0.15) is 9.71 Å². The van der Waals surface area contributed by atoms with Gasteiger partial charge in [0.15, 0.2) is 0 Å². The highest BCUT2D eigenvalue weighted by Crippen LogP contribution is 2.40. The number of amides is 1. The fourth-order valence-corrected chi connectivity index (χ4v) is 4.27. The Kier molecular flexibility index (Phi) is 3.13. The number of anilines is 2. The third-order valence-electron chi connectivity index (χ3n) is 4.19. The number of hydrogen-bond acceptors (Lipinski definition) is 4. The third-order valence-corrected chi connectivity index (χ3v) is 5.26. The van der Waals surface area contributed by atoms with E-state index in [9.17, 15) is 4.79 Å². The molecule has 4 rings (SSSR count). The predicted octanol–water partition coefficient (Wildman–Crippen LogP) is 4.25. The molecular weight excluding hydrogens is 306 g/mol. The summed E-state index contributed by atoms with van der Waals surface area (Å²) >= 11 is 1.47. The molecule has 0 unspecified atom stereocenters. The summed E-state index contributed by atoms with van der Waals surface area (Å²) in [6.45, 7) is 6.58. The van der Waals surface area contributed by atoms with Crippen molar-refractivity contribution in [2.75, 3.05) is 16.9 Å². The zero-order valence-electron chi connectivity index (χ0n) is 13.3. The van der Waals surface area contributed by atoms with Crippen molar-refractivity contribution in [2.45, 2.75) is 20.8 Å². The van der Waals surface area contributed by atoms with Crippen LogP contribution in [0.25, 0.3) is 10.2 Å². The molecule has 1 amide bonds. The van der Waals surface area contributed by atoms with Gasteiger partial charge in [0, 0.05) is 16.8 Å². The van der Waals surface area contributed by atoms with Crippen LogP contribution in [0, 0.1) is 20.8 Å². The van der Waals surface area contributed by atoms with Crippen LogP contribution in [-0.4, -0.2) is 17.6 Å². The van der Waals surface area contributed by atoms with E-state index in [4.69, 9.17) is 0 Å². The molecule has 0 radical (unpaired) electrons. The molecule has 0 saturated heterocycles. The van der Waals surface area contributed by atoms with Crippen LogP contribution < -0.4 is 10.2 Å². The van der Waals surface area contributed by atoms with Crippen molar-refractivity contribution in [3.05, 3.63) is 52.0 Å². The number of aromatic nitrogens is 1. The van der Waals surface area contributed by atoms with E-state index >= 15 is 0 Å².